The van der Waals surface area contributed by atoms with Crippen LogP contribution in [0.2, 0.25) is 0 Å². The molecule has 1 N–H and O–H groups in total. The van der Waals surface area contributed by atoms with Crippen LogP contribution in [-0.4, -0.2) is 28.0 Å². The van der Waals surface area contributed by atoms with Gasteiger partial charge >= 0.3 is 5.97 Å². The number of esters is 1. The second-order valence-electron chi connectivity index (χ2n) is 6.39. The lowest BCUT2D eigenvalue weighted by Gasteiger charge is -2.13. The van der Waals surface area contributed by atoms with E-state index in [4.69, 9.17) is 4.74 Å². The highest BCUT2D eigenvalue weighted by Gasteiger charge is 2.23. The molecular weight excluding hydrogens is 378 g/mol. The Morgan fingerprint density at radius 3 is 2.68 bits per heavy atom. The summed E-state index contributed by atoms with van der Waals surface area (Å²) in [6.07, 6.45) is 1.32. The number of benzene rings is 1. The number of fused-ring (bicyclic) bond motifs is 1. The molecule has 2 aromatic heterocycles. The number of para-hydroxylation sites is 1. The average Bonchev–Trinajstić information content (AvgIpc) is 3.01. The van der Waals surface area contributed by atoms with Crippen molar-refractivity contribution in [2.24, 2.45) is 0 Å². The molecule has 1 aromatic carbocycles. The number of aromatic nitrogens is 2. The second kappa shape index (κ2) is 7.93. The van der Waals surface area contributed by atoms with E-state index in [9.17, 15) is 14.4 Å². The van der Waals surface area contributed by atoms with Crippen LogP contribution in [0.1, 0.15) is 40.7 Å². The van der Waals surface area contributed by atoms with Crippen LogP contribution in [0.15, 0.2) is 35.4 Å². The van der Waals surface area contributed by atoms with Crippen LogP contribution in [0.25, 0.3) is 10.2 Å². The number of thiophene rings is 1. The van der Waals surface area contributed by atoms with Crippen LogP contribution in [0.3, 0.4) is 0 Å². The highest BCUT2D eigenvalue weighted by molar-refractivity contribution is 7.20. The smallest absolute Gasteiger partial charge is 0.328 e. The summed E-state index contributed by atoms with van der Waals surface area (Å²) in [5.74, 6) is -0.796. The molecule has 0 saturated carbocycles. The molecule has 1 amide bonds. The normalized spacial score (nSPS) is 12.0. The summed E-state index contributed by atoms with van der Waals surface area (Å²) >= 11 is 1.16. The fourth-order valence-electron chi connectivity index (χ4n) is 2.90. The number of anilines is 1. The van der Waals surface area contributed by atoms with Crippen LogP contribution in [0, 0.1) is 13.8 Å². The molecule has 0 aliphatic carbocycles. The third-order valence-electron chi connectivity index (χ3n) is 4.52. The number of carbonyl (C=O) groups is 2. The van der Waals surface area contributed by atoms with Crippen molar-refractivity contribution in [1.82, 2.24) is 9.55 Å². The minimum atomic E-state index is -0.798. The Bertz CT molecular complexity index is 1120. The van der Waals surface area contributed by atoms with Crippen molar-refractivity contribution in [3.8, 4) is 0 Å². The standard InChI is InChI=1S/C20H21N3O4S/c1-5-27-20(26)13(4)23-10-21-18-15(19(23)25)12(3)16(28-18)17(24)22-14-9-7-6-8-11(14)2/h6-10,13H,5H2,1-4H3,(H,22,24)/t13-/m1/s1. The summed E-state index contributed by atoms with van der Waals surface area (Å²) in [4.78, 5) is 42.9. The molecule has 3 aromatic rings. The number of ether oxygens (including phenoxy) is 1. The van der Waals surface area contributed by atoms with Gasteiger partial charge in [0, 0.05) is 5.69 Å². The molecule has 0 spiro atoms. The minimum Gasteiger partial charge on any atom is -0.464 e. The molecule has 0 aliphatic rings. The van der Waals surface area contributed by atoms with Crippen molar-refractivity contribution in [1.29, 1.82) is 0 Å². The van der Waals surface area contributed by atoms with Gasteiger partial charge in [-0.15, -0.1) is 11.3 Å². The fourth-order valence-corrected chi connectivity index (χ4v) is 3.93. The fraction of sp³-hybridized carbons (Fsp3) is 0.300. The number of carbonyl (C=O) groups excluding carboxylic acids is 2. The van der Waals surface area contributed by atoms with E-state index < -0.39 is 12.0 Å². The summed E-state index contributed by atoms with van der Waals surface area (Å²) in [7, 11) is 0. The first-order chi connectivity index (χ1) is 13.3. The Labute approximate surface area is 166 Å². The maximum absolute atomic E-state index is 12.9. The molecule has 8 heteroatoms. The van der Waals surface area contributed by atoms with Crippen molar-refractivity contribution < 1.29 is 14.3 Å². The zero-order valence-electron chi connectivity index (χ0n) is 16.1. The van der Waals surface area contributed by atoms with Crippen molar-refractivity contribution >= 4 is 39.1 Å². The van der Waals surface area contributed by atoms with Gasteiger partial charge in [-0.3, -0.25) is 14.2 Å². The zero-order valence-corrected chi connectivity index (χ0v) is 16.9. The van der Waals surface area contributed by atoms with Gasteiger partial charge < -0.3 is 10.1 Å². The molecule has 28 heavy (non-hydrogen) atoms. The predicted octanol–water partition coefficient (Wildman–Crippen LogP) is 3.45. The number of hydrogen-bond donors (Lipinski definition) is 1. The molecule has 146 valence electrons. The van der Waals surface area contributed by atoms with Gasteiger partial charge in [0.2, 0.25) is 0 Å². The Hall–Kier alpha value is -3.00. The van der Waals surface area contributed by atoms with Crippen LogP contribution in [-0.2, 0) is 9.53 Å². The quantitative estimate of drug-likeness (QED) is 0.664. The second-order valence-corrected chi connectivity index (χ2v) is 7.39. The van der Waals surface area contributed by atoms with Crippen molar-refractivity contribution in [3.63, 3.8) is 0 Å². The molecule has 0 aliphatic heterocycles. The van der Waals surface area contributed by atoms with Crippen LogP contribution in [0.5, 0.6) is 0 Å². The molecule has 0 bridgehead atoms. The van der Waals surface area contributed by atoms with E-state index in [1.807, 2.05) is 31.2 Å². The maximum Gasteiger partial charge on any atom is 0.328 e. The number of amides is 1. The number of nitrogens with one attached hydrogen (secondary N) is 1. The first-order valence-electron chi connectivity index (χ1n) is 8.89. The number of rotatable bonds is 5. The summed E-state index contributed by atoms with van der Waals surface area (Å²) in [6, 6.07) is 6.67. The SMILES string of the molecule is CCOC(=O)[C@@H](C)n1cnc2sc(C(=O)Nc3ccccc3C)c(C)c2c1=O. The van der Waals surface area contributed by atoms with Gasteiger partial charge in [0.15, 0.2) is 0 Å². The molecular formula is C20H21N3O4S. The monoisotopic (exact) mass is 399 g/mol. The average molecular weight is 399 g/mol. The van der Waals surface area contributed by atoms with E-state index in [0.717, 1.165) is 16.9 Å². The molecule has 3 rings (SSSR count). The van der Waals surface area contributed by atoms with Gasteiger partial charge in [-0.25, -0.2) is 9.78 Å². The van der Waals surface area contributed by atoms with E-state index in [0.29, 0.717) is 26.3 Å². The predicted molar refractivity (Wildman–Crippen MR) is 109 cm³/mol. The Kier molecular flexibility index (Phi) is 5.60. The Balaban J connectivity index is 2.01. The lowest BCUT2D eigenvalue weighted by Crippen LogP contribution is -2.29. The van der Waals surface area contributed by atoms with Crippen LogP contribution < -0.4 is 10.9 Å². The van der Waals surface area contributed by atoms with Gasteiger partial charge in [0.25, 0.3) is 11.5 Å². The lowest BCUT2D eigenvalue weighted by atomic mass is 10.1. The van der Waals surface area contributed by atoms with E-state index in [1.165, 1.54) is 10.9 Å². The Morgan fingerprint density at radius 1 is 1.29 bits per heavy atom. The third-order valence-corrected chi connectivity index (χ3v) is 5.72. The molecule has 0 unspecified atom stereocenters. The molecule has 0 fully saturated rings. The van der Waals surface area contributed by atoms with E-state index in [2.05, 4.69) is 10.3 Å². The van der Waals surface area contributed by atoms with Crippen LogP contribution >= 0.6 is 11.3 Å². The van der Waals surface area contributed by atoms with E-state index in [-0.39, 0.29) is 18.1 Å². The zero-order chi connectivity index (χ0) is 20.4. The summed E-state index contributed by atoms with van der Waals surface area (Å²) in [5.41, 5.74) is 1.84. The van der Waals surface area contributed by atoms with Gasteiger partial charge in [-0.05, 0) is 44.9 Å². The van der Waals surface area contributed by atoms with E-state index >= 15 is 0 Å². The number of aryl methyl sites for hydroxylation is 2. The van der Waals surface area contributed by atoms with Gasteiger partial charge in [0.1, 0.15) is 10.9 Å². The van der Waals surface area contributed by atoms with Crippen molar-refractivity contribution in [2.45, 2.75) is 33.7 Å². The minimum absolute atomic E-state index is 0.230. The summed E-state index contributed by atoms with van der Waals surface area (Å²) in [6.45, 7) is 7.14. The van der Waals surface area contributed by atoms with E-state index in [1.54, 1.807) is 20.8 Å². The topological polar surface area (TPSA) is 90.3 Å². The van der Waals surface area contributed by atoms with Gasteiger partial charge in [-0.1, -0.05) is 18.2 Å². The number of nitrogens with zero attached hydrogens (tertiary/aromatic N) is 2. The van der Waals surface area contributed by atoms with Gasteiger partial charge in [0.05, 0.1) is 23.2 Å². The molecule has 1 atom stereocenters. The highest BCUT2D eigenvalue weighted by Crippen LogP contribution is 2.28. The highest BCUT2D eigenvalue weighted by atomic mass is 32.1. The van der Waals surface area contributed by atoms with Crippen LogP contribution in [0.4, 0.5) is 5.69 Å². The largest absolute Gasteiger partial charge is 0.464 e. The first kappa shape index (κ1) is 19.8. The van der Waals surface area contributed by atoms with Crippen molar-refractivity contribution in [2.75, 3.05) is 11.9 Å². The first-order valence-corrected chi connectivity index (χ1v) is 9.70. The summed E-state index contributed by atoms with van der Waals surface area (Å²) < 4.78 is 6.23. The maximum atomic E-state index is 12.9. The third kappa shape index (κ3) is 3.55. The Morgan fingerprint density at radius 2 is 2.00 bits per heavy atom. The van der Waals surface area contributed by atoms with Crippen molar-refractivity contribution in [3.05, 3.63) is 57.0 Å². The molecule has 0 radical (unpaired) electrons. The summed E-state index contributed by atoms with van der Waals surface area (Å²) in [5, 5.41) is 3.23. The molecule has 7 nitrogen and oxygen atoms in total. The number of hydrogen-bond acceptors (Lipinski definition) is 6. The molecule has 0 saturated heterocycles. The lowest BCUT2D eigenvalue weighted by molar-refractivity contribution is -0.146. The van der Waals surface area contributed by atoms with Gasteiger partial charge in [-0.2, -0.15) is 0 Å². The molecule has 2 heterocycles.